The van der Waals surface area contributed by atoms with Crippen LogP contribution in [0.25, 0.3) is 0 Å². The number of hydrogen-bond acceptors (Lipinski definition) is 16. The van der Waals surface area contributed by atoms with Crippen LogP contribution in [0.3, 0.4) is 0 Å². The summed E-state index contributed by atoms with van der Waals surface area (Å²) in [6.07, 6.45) is 0.812. The van der Waals surface area contributed by atoms with E-state index in [1.807, 2.05) is 0 Å². The summed E-state index contributed by atoms with van der Waals surface area (Å²) in [5.41, 5.74) is 7.89. The van der Waals surface area contributed by atoms with Crippen molar-refractivity contribution in [1.82, 2.24) is 30.7 Å². The lowest BCUT2D eigenvalue weighted by molar-refractivity contribution is -0.136. The van der Waals surface area contributed by atoms with E-state index >= 15 is 4.39 Å². The van der Waals surface area contributed by atoms with Gasteiger partial charge in [-0.05, 0) is 53.1 Å². The number of halogens is 6. The predicted octanol–water partition coefficient (Wildman–Crippen LogP) is 4.99. The number of benzene rings is 5. The number of primary amides is 1. The molecule has 22 nitrogen and oxygen atoms in total. The molecule has 5 aromatic carbocycles. The lowest BCUT2D eigenvalue weighted by atomic mass is 9.78. The number of rotatable bonds is 32. The van der Waals surface area contributed by atoms with Crippen LogP contribution < -0.4 is 36.6 Å². The molecule has 0 fully saturated rings. The van der Waals surface area contributed by atoms with Gasteiger partial charge in [0.05, 0.1) is 108 Å². The van der Waals surface area contributed by atoms with Gasteiger partial charge in [0.2, 0.25) is 46.9 Å². The zero-order chi connectivity index (χ0) is 61.7. The Hall–Kier alpha value is -9.09. The van der Waals surface area contributed by atoms with Crippen molar-refractivity contribution in [3.05, 3.63) is 172 Å². The number of ether oxygens (including phenoxy) is 6. The monoisotopic (exact) mass is 1200 g/mol. The van der Waals surface area contributed by atoms with Gasteiger partial charge in [-0.25, -0.2) is 22.5 Å². The average molecular weight is 1200 g/mol. The van der Waals surface area contributed by atoms with Gasteiger partial charge in [-0.2, -0.15) is 13.9 Å². The Labute approximate surface area is 488 Å². The summed E-state index contributed by atoms with van der Waals surface area (Å²) in [4.78, 5) is 82.6. The van der Waals surface area contributed by atoms with Crippen molar-refractivity contribution in [1.29, 1.82) is 5.41 Å². The van der Waals surface area contributed by atoms with Crippen molar-refractivity contribution in [2.24, 2.45) is 12.8 Å². The standard InChI is InChI=1S/C58H60F6N10O12/c1-73-57(69-32-70-73)50-53(65)49-40(56(66)79)26-38(60)27-44(49)74(54(50)36-9-11-37(59)12-10-36)33-85-31-35-7-13-39(14-8-35)71-46(76)30-68-58(80)43(25-34-5-3-2-4-6-34)72-47(77)29-67-45(75)15-17-81-19-21-83-23-24-84-22-20-82-18-16-48(78)86-55-51(63)41(61)28-42(62)52(55)64/h2-14,26-28,32,43,50,54,65H,15-25,29-31,33H2,1H3,(H2,66,79)(H,67,75)(H,68,80)(H,71,76)(H,72,77)/t43-,50?,54+/m0/s1. The normalized spacial score (nSPS) is 14.0. The first-order chi connectivity index (χ1) is 41.4. The molecular formula is C58H60F6N10O12. The molecule has 0 spiro atoms. The van der Waals surface area contributed by atoms with Crippen LogP contribution in [0.1, 0.15) is 63.2 Å². The van der Waals surface area contributed by atoms with Gasteiger partial charge in [-0.15, -0.1) is 0 Å². The summed E-state index contributed by atoms with van der Waals surface area (Å²) in [5.74, 6) is -15.0. The maximum atomic E-state index is 15.3. The van der Waals surface area contributed by atoms with Crippen LogP contribution in [-0.4, -0.2) is 135 Å². The fourth-order valence-corrected chi connectivity index (χ4v) is 8.88. The van der Waals surface area contributed by atoms with E-state index in [4.69, 9.17) is 29.4 Å². The third-order valence-electron chi connectivity index (χ3n) is 13.0. The zero-order valence-corrected chi connectivity index (χ0v) is 46.2. The Bertz CT molecular complexity index is 3320. The SMILES string of the molecule is Cn1ncnc1C1C(=N)c2c(C(N)=O)cc(F)cc2N(COCc2ccc(NC(=O)CNC(=O)[C@H](Cc3ccccc3)NC(=O)CNC(=O)CCOCCOCCOCCOCCC(=O)Oc3c(F)c(F)cc(F)c3F)cc2)[C@@H]1c1ccc(F)cc1. The number of aryl methyl sites for hydroxylation is 1. The number of fused-ring (bicyclic) bond motifs is 1. The number of carbonyl (C=O) groups excluding carboxylic acids is 6. The van der Waals surface area contributed by atoms with E-state index in [0.717, 1.165) is 6.07 Å². The molecule has 7 N–H and O–H groups in total. The molecule has 3 atom stereocenters. The fourth-order valence-electron chi connectivity index (χ4n) is 8.88. The van der Waals surface area contributed by atoms with Gasteiger partial charge in [0.1, 0.15) is 36.6 Å². The molecule has 456 valence electrons. The summed E-state index contributed by atoms with van der Waals surface area (Å²) in [6, 6.07) is 21.1. The second-order valence-corrected chi connectivity index (χ2v) is 19.1. The highest BCUT2D eigenvalue weighted by Gasteiger charge is 2.44. The largest absolute Gasteiger partial charge is 0.420 e. The first-order valence-corrected chi connectivity index (χ1v) is 26.7. The third-order valence-corrected chi connectivity index (χ3v) is 13.0. The number of aromatic nitrogens is 3. The predicted molar refractivity (Wildman–Crippen MR) is 294 cm³/mol. The minimum Gasteiger partial charge on any atom is -0.420 e. The molecule has 0 bridgehead atoms. The van der Waals surface area contributed by atoms with Crippen molar-refractivity contribution in [3.63, 3.8) is 0 Å². The quantitative estimate of drug-likeness (QED) is 0.0107. The van der Waals surface area contributed by atoms with E-state index in [-0.39, 0.29) is 108 Å². The molecule has 0 aliphatic carbocycles. The van der Waals surface area contributed by atoms with Crippen molar-refractivity contribution >= 4 is 52.6 Å². The van der Waals surface area contributed by atoms with Crippen LogP contribution in [0.2, 0.25) is 0 Å². The topological polar surface area (TPSA) is 290 Å². The van der Waals surface area contributed by atoms with E-state index in [1.54, 1.807) is 66.5 Å². The van der Waals surface area contributed by atoms with Gasteiger partial charge in [0, 0.05) is 37.2 Å². The van der Waals surface area contributed by atoms with E-state index in [0.29, 0.717) is 28.2 Å². The lowest BCUT2D eigenvalue weighted by Gasteiger charge is -2.44. The highest BCUT2D eigenvalue weighted by Crippen LogP contribution is 2.47. The summed E-state index contributed by atoms with van der Waals surface area (Å²) in [7, 11) is 1.64. The number of hydrogen-bond donors (Lipinski definition) is 6. The highest BCUT2D eigenvalue weighted by atomic mass is 19.2. The van der Waals surface area contributed by atoms with Gasteiger partial charge in [-0.1, -0.05) is 54.6 Å². The number of nitrogens with one attached hydrogen (secondary N) is 5. The molecule has 1 unspecified atom stereocenters. The highest BCUT2D eigenvalue weighted by molar-refractivity contribution is 6.16. The van der Waals surface area contributed by atoms with E-state index in [9.17, 15) is 56.1 Å². The molecule has 7 rings (SSSR count). The van der Waals surface area contributed by atoms with Gasteiger partial charge >= 0.3 is 5.97 Å². The number of esters is 1. The van der Waals surface area contributed by atoms with Crippen LogP contribution in [0, 0.1) is 40.3 Å². The Kier molecular flexibility index (Phi) is 23.8. The minimum absolute atomic E-state index is 0.00456. The Balaban J connectivity index is 0.799. The molecule has 0 saturated carbocycles. The van der Waals surface area contributed by atoms with E-state index in [1.165, 1.54) is 41.3 Å². The van der Waals surface area contributed by atoms with E-state index < -0.39 is 114 Å². The molecule has 2 heterocycles. The molecule has 6 aromatic rings. The van der Waals surface area contributed by atoms with Crippen molar-refractivity contribution in [2.45, 2.75) is 43.9 Å². The first kappa shape index (κ1) is 64.5. The number of nitrogens with two attached hydrogens (primary N) is 1. The summed E-state index contributed by atoms with van der Waals surface area (Å²) >= 11 is 0. The second kappa shape index (κ2) is 31.7. The van der Waals surface area contributed by atoms with Crippen LogP contribution in [0.4, 0.5) is 37.7 Å². The van der Waals surface area contributed by atoms with Crippen LogP contribution in [0.15, 0.2) is 103 Å². The molecule has 86 heavy (non-hydrogen) atoms. The molecule has 0 saturated heterocycles. The molecular weight excluding hydrogens is 1140 g/mol. The summed E-state index contributed by atoms with van der Waals surface area (Å²) < 4.78 is 117. The molecule has 0 radical (unpaired) electrons. The average Bonchev–Trinajstić information content (AvgIpc) is 1.00. The Morgan fingerprint density at radius 2 is 1.29 bits per heavy atom. The molecule has 1 aliphatic heterocycles. The lowest BCUT2D eigenvalue weighted by Crippen LogP contribution is -2.51. The fraction of sp³-hybridized carbons (Fsp3) is 0.328. The molecule has 1 aromatic heterocycles. The van der Waals surface area contributed by atoms with Crippen molar-refractivity contribution in [2.75, 3.05) is 82.9 Å². The summed E-state index contributed by atoms with van der Waals surface area (Å²) in [6.45, 7) is -0.597. The maximum absolute atomic E-state index is 15.3. The van der Waals surface area contributed by atoms with Crippen molar-refractivity contribution in [3.8, 4) is 5.75 Å². The Morgan fingerprint density at radius 1 is 0.674 bits per heavy atom. The third kappa shape index (κ3) is 18.2. The smallest absolute Gasteiger partial charge is 0.313 e. The number of nitrogens with zero attached hydrogens (tertiary/aromatic N) is 4. The van der Waals surface area contributed by atoms with Crippen molar-refractivity contribution < 1.29 is 83.5 Å². The molecule has 1 aliphatic rings. The number of amides is 5. The van der Waals surface area contributed by atoms with Gasteiger partial charge in [-0.3, -0.25) is 33.4 Å². The minimum atomic E-state index is -1.84. The van der Waals surface area contributed by atoms with Gasteiger partial charge < -0.3 is 65.7 Å². The maximum Gasteiger partial charge on any atom is 0.313 e. The summed E-state index contributed by atoms with van der Waals surface area (Å²) in [5, 5.41) is 23.9. The number of anilines is 2. The molecule has 5 amide bonds. The van der Waals surface area contributed by atoms with Gasteiger partial charge in [0.15, 0.2) is 11.6 Å². The van der Waals surface area contributed by atoms with Gasteiger partial charge in [0.25, 0.3) is 0 Å². The zero-order valence-electron chi connectivity index (χ0n) is 46.2. The van der Waals surface area contributed by atoms with E-state index in [2.05, 4.69) is 36.1 Å². The Morgan fingerprint density at radius 3 is 1.91 bits per heavy atom. The number of carbonyl (C=O) groups is 6. The van der Waals surface area contributed by atoms with Crippen LogP contribution >= 0.6 is 0 Å². The second-order valence-electron chi connectivity index (χ2n) is 19.1. The van der Waals surface area contributed by atoms with Crippen LogP contribution in [-0.2, 0) is 67.7 Å². The van der Waals surface area contributed by atoms with Crippen LogP contribution in [0.5, 0.6) is 5.75 Å². The first-order valence-electron chi connectivity index (χ1n) is 26.7. The molecule has 28 heteroatoms.